The van der Waals surface area contributed by atoms with Gasteiger partial charge in [-0.15, -0.1) is 0 Å². The molecule has 3 N–H and O–H groups in total. The fraction of sp³-hybridized carbons (Fsp3) is 0.182. The minimum Gasteiger partial charge on any atom is -0.366 e. The summed E-state index contributed by atoms with van der Waals surface area (Å²) in [5.41, 5.74) is 6.58. The van der Waals surface area contributed by atoms with Crippen LogP contribution in [-0.4, -0.2) is 20.7 Å². The Balaban J connectivity index is 1.97. The number of aryl methyl sites for hydroxylation is 1. The molecule has 6 heteroatoms. The number of amides is 1. The Morgan fingerprint density at radius 2 is 2.29 bits per heavy atom. The summed E-state index contributed by atoms with van der Waals surface area (Å²) in [6, 6.07) is 3.36. The third kappa shape index (κ3) is 2.81. The topological polar surface area (TPSA) is 85.8 Å². The van der Waals surface area contributed by atoms with E-state index in [2.05, 4.69) is 15.4 Å². The molecule has 0 aliphatic rings. The van der Waals surface area contributed by atoms with E-state index in [1.807, 2.05) is 13.2 Å². The van der Waals surface area contributed by atoms with Crippen molar-refractivity contribution >= 4 is 11.7 Å². The van der Waals surface area contributed by atoms with Crippen molar-refractivity contribution < 1.29 is 4.79 Å². The van der Waals surface area contributed by atoms with Crippen LogP contribution in [0, 0.1) is 0 Å². The number of pyridine rings is 1. The van der Waals surface area contributed by atoms with Gasteiger partial charge in [0.05, 0.1) is 11.8 Å². The molecule has 0 radical (unpaired) electrons. The van der Waals surface area contributed by atoms with Crippen molar-refractivity contribution in [3.8, 4) is 0 Å². The molecular weight excluding hydrogens is 218 g/mol. The zero-order valence-corrected chi connectivity index (χ0v) is 9.42. The molecule has 6 nitrogen and oxygen atoms in total. The van der Waals surface area contributed by atoms with E-state index in [1.54, 1.807) is 23.0 Å². The molecule has 0 unspecified atom stereocenters. The lowest BCUT2D eigenvalue weighted by molar-refractivity contribution is 0.1000. The van der Waals surface area contributed by atoms with Gasteiger partial charge in [0.2, 0.25) is 5.91 Å². The molecule has 2 aromatic rings. The first-order chi connectivity index (χ1) is 8.15. The van der Waals surface area contributed by atoms with E-state index < -0.39 is 5.91 Å². The van der Waals surface area contributed by atoms with Gasteiger partial charge in [-0.05, 0) is 12.1 Å². The average Bonchev–Trinajstić information content (AvgIpc) is 2.73. The number of anilines is 1. The standard InChI is InChI=1S/C11H13N5O/c1-16-7-8(5-15-16)4-13-10-3-2-9(6-14-10)11(12)17/h2-3,5-7H,4H2,1H3,(H2,12,17)(H,13,14). The van der Waals surface area contributed by atoms with Crippen LogP contribution in [0.1, 0.15) is 15.9 Å². The van der Waals surface area contributed by atoms with Gasteiger partial charge in [0.1, 0.15) is 5.82 Å². The first-order valence-electron chi connectivity index (χ1n) is 5.12. The van der Waals surface area contributed by atoms with Gasteiger partial charge in [-0.25, -0.2) is 4.98 Å². The highest BCUT2D eigenvalue weighted by molar-refractivity contribution is 5.92. The SMILES string of the molecule is Cn1cc(CNc2ccc(C(N)=O)cn2)cn1. The number of rotatable bonds is 4. The number of aromatic nitrogens is 3. The van der Waals surface area contributed by atoms with Crippen molar-refractivity contribution in [1.29, 1.82) is 0 Å². The van der Waals surface area contributed by atoms with E-state index in [-0.39, 0.29) is 0 Å². The highest BCUT2D eigenvalue weighted by atomic mass is 16.1. The second-order valence-corrected chi connectivity index (χ2v) is 3.67. The van der Waals surface area contributed by atoms with Gasteiger partial charge in [-0.1, -0.05) is 0 Å². The molecule has 2 rings (SSSR count). The molecule has 2 heterocycles. The maximum absolute atomic E-state index is 10.8. The molecule has 0 aliphatic heterocycles. The van der Waals surface area contributed by atoms with Crippen LogP contribution < -0.4 is 11.1 Å². The predicted octanol–water partition coefficient (Wildman–Crippen LogP) is 0.526. The number of nitrogens with one attached hydrogen (secondary N) is 1. The van der Waals surface area contributed by atoms with Crippen LogP contribution in [0.4, 0.5) is 5.82 Å². The molecule has 0 fully saturated rings. The fourth-order valence-electron chi connectivity index (χ4n) is 1.40. The molecule has 88 valence electrons. The highest BCUT2D eigenvalue weighted by Crippen LogP contribution is 2.06. The predicted molar refractivity (Wildman–Crippen MR) is 63.3 cm³/mol. The van der Waals surface area contributed by atoms with Gasteiger partial charge in [-0.3, -0.25) is 9.48 Å². The van der Waals surface area contributed by atoms with E-state index in [4.69, 9.17) is 5.73 Å². The molecule has 0 saturated heterocycles. The van der Waals surface area contributed by atoms with Gasteiger partial charge >= 0.3 is 0 Å². The van der Waals surface area contributed by atoms with Gasteiger partial charge in [0.15, 0.2) is 0 Å². The maximum Gasteiger partial charge on any atom is 0.250 e. The van der Waals surface area contributed by atoms with Crippen LogP contribution in [0.15, 0.2) is 30.7 Å². The van der Waals surface area contributed by atoms with Crippen molar-refractivity contribution in [1.82, 2.24) is 14.8 Å². The van der Waals surface area contributed by atoms with Crippen LogP contribution in [0.25, 0.3) is 0 Å². The summed E-state index contributed by atoms with van der Waals surface area (Å²) in [5.74, 6) is 0.218. The highest BCUT2D eigenvalue weighted by Gasteiger charge is 2.01. The Kier molecular flexibility index (Phi) is 3.04. The molecule has 1 amide bonds. The van der Waals surface area contributed by atoms with Crippen molar-refractivity contribution in [2.45, 2.75) is 6.54 Å². The van der Waals surface area contributed by atoms with Crippen LogP contribution in [0.3, 0.4) is 0 Å². The summed E-state index contributed by atoms with van der Waals surface area (Å²) in [7, 11) is 1.86. The number of hydrogen-bond acceptors (Lipinski definition) is 4. The number of hydrogen-bond donors (Lipinski definition) is 2. The number of carbonyl (C=O) groups excluding carboxylic acids is 1. The Labute approximate surface area is 98.5 Å². The molecule has 0 atom stereocenters. The average molecular weight is 231 g/mol. The lowest BCUT2D eigenvalue weighted by Crippen LogP contribution is -2.11. The zero-order valence-electron chi connectivity index (χ0n) is 9.42. The molecule has 17 heavy (non-hydrogen) atoms. The van der Waals surface area contributed by atoms with E-state index >= 15 is 0 Å². The summed E-state index contributed by atoms with van der Waals surface area (Å²) >= 11 is 0. The minimum atomic E-state index is -0.476. The van der Waals surface area contributed by atoms with Gasteiger partial charge in [-0.2, -0.15) is 5.10 Å². The fourth-order valence-corrected chi connectivity index (χ4v) is 1.40. The largest absolute Gasteiger partial charge is 0.366 e. The van der Waals surface area contributed by atoms with E-state index in [0.717, 1.165) is 5.56 Å². The third-order valence-corrected chi connectivity index (χ3v) is 2.28. The molecule has 2 aromatic heterocycles. The summed E-state index contributed by atoms with van der Waals surface area (Å²) in [4.78, 5) is 14.9. The van der Waals surface area contributed by atoms with Crippen molar-refractivity contribution in [3.05, 3.63) is 41.9 Å². The smallest absolute Gasteiger partial charge is 0.250 e. The molecular formula is C11H13N5O. The molecule has 0 aromatic carbocycles. The van der Waals surface area contributed by atoms with Crippen LogP contribution in [0.2, 0.25) is 0 Å². The Bertz CT molecular complexity index is 517. The molecule has 0 saturated carbocycles. The molecule has 0 bridgehead atoms. The molecule has 0 aliphatic carbocycles. The van der Waals surface area contributed by atoms with Gasteiger partial charge < -0.3 is 11.1 Å². The number of nitrogens with zero attached hydrogens (tertiary/aromatic N) is 3. The van der Waals surface area contributed by atoms with E-state index in [0.29, 0.717) is 17.9 Å². The normalized spacial score (nSPS) is 10.2. The summed E-state index contributed by atoms with van der Waals surface area (Å²) < 4.78 is 1.74. The second-order valence-electron chi connectivity index (χ2n) is 3.67. The summed E-state index contributed by atoms with van der Waals surface area (Å²) in [6.07, 6.45) is 5.16. The van der Waals surface area contributed by atoms with Crippen LogP contribution in [0.5, 0.6) is 0 Å². The number of carbonyl (C=O) groups is 1. The number of primary amides is 1. The third-order valence-electron chi connectivity index (χ3n) is 2.28. The summed E-state index contributed by atoms with van der Waals surface area (Å²) in [5, 5.41) is 7.19. The Morgan fingerprint density at radius 3 is 2.82 bits per heavy atom. The van der Waals surface area contributed by atoms with Crippen molar-refractivity contribution in [3.63, 3.8) is 0 Å². The zero-order chi connectivity index (χ0) is 12.3. The first kappa shape index (κ1) is 11.1. The summed E-state index contributed by atoms with van der Waals surface area (Å²) in [6.45, 7) is 0.636. The Hall–Kier alpha value is -2.37. The lowest BCUT2D eigenvalue weighted by Gasteiger charge is -2.03. The number of nitrogens with two attached hydrogens (primary N) is 1. The molecule has 0 spiro atoms. The minimum absolute atomic E-state index is 0.400. The first-order valence-corrected chi connectivity index (χ1v) is 5.12. The van der Waals surface area contributed by atoms with Gasteiger partial charge in [0, 0.05) is 31.5 Å². The lowest BCUT2D eigenvalue weighted by atomic mass is 10.2. The maximum atomic E-state index is 10.8. The van der Waals surface area contributed by atoms with Crippen LogP contribution >= 0.6 is 0 Å². The van der Waals surface area contributed by atoms with Gasteiger partial charge in [0.25, 0.3) is 0 Å². The van der Waals surface area contributed by atoms with E-state index in [9.17, 15) is 4.79 Å². The van der Waals surface area contributed by atoms with Crippen LogP contribution in [-0.2, 0) is 13.6 Å². The Morgan fingerprint density at radius 1 is 1.47 bits per heavy atom. The van der Waals surface area contributed by atoms with Crippen molar-refractivity contribution in [2.24, 2.45) is 12.8 Å². The monoisotopic (exact) mass is 231 g/mol. The van der Waals surface area contributed by atoms with Crippen molar-refractivity contribution in [2.75, 3.05) is 5.32 Å². The quantitative estimate of drug-likeness (QED) is 0.803. The van der Waals surface area contributed by atoms with E-state index in [1.165, 1.54) is 6.20 Å². The second kappa shape index (κ2) is 4.65.